The molecule has 0 aliphatic heterocycles. The van der Waals surface area contributed by atoms with Crippen molar-refractivity contribution in [3.8, 4) is 0 Å². The lowest BCUT2D eigenvalue weighted by Crippen LogP contribution is -2.22. The molecule has 0 spiro atoms. The number of hydrogen-bond acceptors (Lipinski definition) is 5. The lowest BCUT2D eigenvalue weighted by molar-refractivity contribution is -0.0435. The average Bonchev–Trinajstić information content (AvgIpc) is 2.58. The first-order valence-electron chi connectivity index (χ1n) is 4.19. The first-order valence-corrected chi connectivity index (χ1v) is 6.49. The molecule has 9 heteroatoms. The quantitative estimate of drug-likeness (QED) is 0.813. The summed E-state index contributed by atoms with van der Waals surface area (Å²) in [4.78, 5) is 3.45. The molecule has 0 radical (unpaired) electrons. The van der Waals surface area contributed by atoms with Gasteiger partial charge < -0.3 is 5.73 Å². The minimum absolute atomic E-state index is 0.173. The number of sulfone groups is 1. The van der Waals surface area contributed by atoms with Crippen LogP contribution in [0.2, 0.25) is 0 Å². The highest BCUT2D eigenvalue weighted by Gasteiger charge is 2.49. The number of alkyl halides is 3. The van der Waals surface area contributed by atoms with Gasteiger partial charge in [0.05, 0.1) is 10.2 Å². The Morgan fingerprint density at radius 3 is 2.53 bits per heavy atom. The summed E-state index contributed by atoms with van der Waals surface area (Å²) in [6.45, 7) is 0. The van der Waals surface area contributed by atoms with Crippen molar-refractivity contribution in [1.82, 2.24) is 4.98 Å². The highest BCUT2D eigenvalue weighted by molar-refractivity contribution is 7.94. The standard InChI is InChI=1S/C8H5F3N2O2S2/c9-8(10,11)17(14,15)7-13-5-2-1-4(12)3-6(5)16-7/h1-3H,12H2. The number of anilines is 1. The van der Waals surface area contributed by atoms with Gasteiger partial charge in [0.25, 0.3) is 0 Å². The second-order valence-electron chi connectivity index (χ2n) is 3.16. The van der Waals surface area contributed by atoms with Crippen LogP contribution in [0.4, 0.5) is 18.9 Å². The molecule has 1 aromatic carbocycles. The molecule has 0 saturated heterocycles. The Kier molecular flexibility index (Phi) is 2.54. The zero-order valence-electron chi connectivity index (χ0n) is 8.02. The van der Waals surface area contributed by atoms with Crippen LogP contribution < -0.4 is 5.73 Å². The van der Waals surface area contributed by atoms with Gasteiger partial charge in [-0.2, -0.15) is 13.2 Å². The normalized spacial score (nSPS) is 13.1. The van der Waals surface area contributed by atoms with Gasteiger partial charge in [0.2, 0.25) is 4.34 Å². The Morgan fingerprint density at radius 1 is 1.29 bits per heavy atom. The number of thiazole rings is 1. The molecule has 1 aromatic heterocycles. The fourth-order valence-electron chi connectivity index (χ4n) is 1.13. The minimum atomic E-state index is -5.38. The lowest BCUT2D eigenvalue weighted by atomic mass is 10.3. The van der Waals surface area contributed by atoms with Gasteiger partial charge in [-0.3, -0.25) is 0 Å². The van der Waals surface area contributed by atoms with Crippen molar-refractivity contribution in [3.05, 3.63) is 18.2 Å². The fraction of sp³-hybridized carbons (Fsp3) is 0.125. The summed E-state index contributed by atoms with van der Waals surface area (Å²) in [7, 11) is -5.38. The smallest absolute Gasteiger partial charge is 0.399 e. The van der Waals surface area contributed by atoms with Crippen molar-refractivity contribution in [1.29, 1.82) is 0 Å². The van der Waals surface area contributed by atoms with Gasteiger partial charge in [-0.05, 0) is 18.2 Å². The largest absolute Gasteiger partial charge is 0.504 e. The van der Waals surface area contributed by atoms with E-state index in [0.717, 1.165) is 0 Å². The van der Waals surface area contributed by atoms with E-state index in [2.05, 4.69) is 4.98 Å². The van der Waals surface area contributed by atoms with Crippen molar-refractivity contribution in [3.63, 3.8) is 0 Å². The van der Waals surface area contributed by atoms with Crippen LogP contribution in [0.25, 0.3) is 10.2 Å². The van der Waals surface area contributed by atoms with Crippen molar-refractivity contribution in [2.75, 3.05) is 5.73 Å². The maximum Gasteiger partial charge on any atom is 0.504 e. The van der Waals surface area contributed by atoms with Crippen molar-refractivity contribution in [2.45, 2.75) is 9.85 Å². The van der Waals surface area contributed by atoms with Gasteiger partial charge in [-0.1, -0.05) is 0 Å². The van der Waals surface area contributed by atoms with Crippen LogP contribution in [0.3, 0.4) is 0 Å². The van der Waals surface area contributed by atoms with Crippen LogP contribution in [0.5, 0.6) is 0 Å². The maximum absolute atomic E-state index is 12.3. The van der Waals surface area contributed by atoms with E-state index in [1.54, 1.807) is 0 Å². The summed E-state index contributed by atoms with van der Waals surface area (Å²) in [6.07, 6.45) is 0. The number of benzene rings is 1. The van der Waals surface area contributed by atoms with Crippen molar-refractivity contribution < 1.29 is 21.6 Å². The van der Waals surface area contributed by atoms with Gasteiger partial charge in [0.1, 0.15) is 0 Å². The Labute approximate surface area is 97.8 Å². The molecule has 17 heavy (non-hydrogen) atoms. The van der Waals surface area contributed by atoms with Crippen LogP contribution >= 0.6 is 11.3 Å². The second kappa shape index (κ2) is 3.57. The zero-order chi connectivity index (χ0) is 12.8. The molecular weight excluding hydrogens is 277 g/mol. The van der Waals surface area contributed by atoms with Crippen LogP contribution in [0.15, 0.2) is 22.5 Å². The fourth-order valence-corrected chi connectivity index (χ4v) is 3.29. The molecule has 2 rings (SSSR count). The predicted molar refractivity (Wildman–Crippen MR) is 57.3 cm³/mol. The summed E-state index contributed by atoms with van der Waals surface area (Å²) in [6, 6.07) is 4.19. The van der Waals surface area contributed by atoms with Crippen LogP contribution in [-0.2, 0) is 9.84 Å². The summed E-state index contributed by atoms with van der Waals surface area (Å²) in [5, 5.41) is 0. The van der Waals surface area contributed by atoms with Crippen LogP contribution in [0.1, 0.15) is 0 Å². The molecule has 4 nitrogen and oxygen atoms in total. The number of rotatable bonds is 1. The molecule has 0 fully saturated rings. The first-order chi connectivity index (χ1) is 7.72. The molecule has 0 atom stereocenters. The summed E-state index contributed by atoms with van der Waals surface area (Å²) < 4.78 is 58.4. The Morgan fingerprint density at radius 2 is 1.94 bits per heavy atom. The summed E-state index contributed by atoms with van der Waals surface area (Å²) in [5.74, 6) is 0. The molecule has 0 saturated carbocycles. The van der Waals surface area contributed by atoms with E-state index in [4.69, 9.17) is 5.73 Å². The molecule has 0 aliphatic rings. The molecule has 0 amide bonds. The molecule has 2 aromatic rings. The second-order valence-corrected chi connectivity index (χ2v) is 6.30. The van der Waals surface area contributed by atoms with Gasteiger partial charge in [-0.15, -0.1) is 11.3 Å². The molecular formula is C8H5F3N2O2S2. The first kappa shape index (κ1) is 12.1. The third kappa shape index (κ3) is 1.95. The SMILES string of the molecule is Nc1ccc2nc(S(=O)(=O)C(F)(F)F)sc2c1. The maximum atomic E-state index is 12.3. The molecule has 0 bridgehead atoms. The van der Waals surface area contributed by atoms with E-state index >= 15 is 0 Å². The topological polar surface area (TPSA) is 73.0 Å². The molecule has 0 aliphatic carbocycles. The molecule has 1 heterocycles. The number of fused-ring (bicyclic) bond motifs is 1. The van der Waals surface area contributed by atoms with Crippen molar-refractivity contribution >= 4 is 37.1 Å². The number of nitrogens with two attached hydrogens (primary N) is 1. The third-order valence-electron chi connectivity index (χ3n) is 1.93. The van der Waals surface area contributed by atoms with E-state index in [1.165, 1.54) is 18.2 Å². The zero-order valence-corrected chi connectivity index (χ0v) is 9.66. The average molecular weight is 282 g/mol. The Balaban J connectivity index is 2.66. The van der Waals surface area contributed by atoms with E-state index in [1.807, 2.05) is 0 Å². The monoisotopic (exact) mass is 282 g/mol. The lowest BCUT2D eigenvalue weighted by Gasteiger charge is -2.03. The number of hydrogen-bond donors (Lipinski definition) is 1. The van der Waals surface area contributed by atoms with Gasteiger partial charge in [0.15, 0.2) is 0 Å². The molecule has 2 N–H and O–H groups in total. The van der Waals surface area contributed by atoms with Gasteiger partial charge >= 0.3 is 15.3 Å². The number of aromatic nitrogens is 1. The third-order valence-corrected chi connectivity index (χ3v) is 4.81. The number of halogens is 3. The molecule has 92 valence electrons. The highest BCUT2D eigenvalue weighted by atomic mass is 32.2. The van der Waals surface area contributed by atoms with Gasteiger partial charge in [0, 0.05) is 5.69 Å². The van der Waals surface area contributed by atoms with Crippen LogP contribution in [0, 0.1) is 0 Å². The van der Waals surface area contributed by atoms with E-state index in [0.29, 0.717) is 21.7 Å². The highest BCUT2D eigenvalue weighted by Crippen LogP contribution is 2.35. The van der Waals surface area contributed by atoms with E-state index in [-0.39, 0.29) is 5.52 Å². The summed E-state index contributed by atoms with van der Waals surface area (Å²) in [5.41, 5.74) is 0.598. The Hall–Kier alpha value is -1.35. The summed E-state index contributed by atoms with van der Waals surface area (Å²) >= 11 is 0.446. The Bertz CT molecular complexity index is 676. The molecule has 0 unspecified atom stereocenters. The van der Waals surface area contributed by atoms with E-state index in [9.17, 15) is 21.6 Å². The van der Waals surface area contributed by atoms with Crippen molar-refractivity contribution in [2.24, 2.45) is 0 Å². The van der Waals surface area contributed by atoms with Gasteiger partial charge in [-0.25, -0.2) is 13.4 Å². The van der Waals surface area contributed by atoms with E-state index < -0.39 is 19.7 Å². The predicted octanol–water partition coefficient (Wildman–Crippen LogP) is 2.17. The number of nitrogen functional groups attached to an aromatic ring is 1. The minimum Gasteiger partial charge on any atom is -0.399 e. The number of nitrogens with zero attached hydrogens (tertiary/aromatic N) is 1. The van der Waals surface area contributed by atoms with Crippen LogP contribution in [-0.4, -0.2) is 18.9 Å².